The second-order valence-corrected chi connectivity index (χ2v) is 7.96. The SMILES string of the molecule is CCOC(CC(=O)[O-])c1ccc(OCC2=CC3(CCCCC3)CCC2)cc1. The fourth-order valence-corrected chi connectivity index (χ4v) is 4.59. The first-order valence-electron chi connectivity index (χ1n) is 10.3. The van der Waals surface area contributed by atoms with Crippen molar-refractivity contribution in [3.8, 4) is 5.75 Å². The second-order valence-electron chi connectivity index (χ2n) is 7.96. The first kappa shape index (κ1) is 19.9. The summed E-state index contributed by atoms with van der Waals surface area (Å²) in [6, 6.07) is 7.57. The van der Waals surface area contributed by atoms with E-state index in [-0.39, 0.29) is 6.42 Å². The molecule has 0 bridgehead atoms. The maximum atomic E-state index is 10.9. The molecule has 0 N–H and O–H groups in total. The van der Waals surface area contributed by atoms with Crippen LogP contribution in [0, 0.1) is 5.41 Å². The molecule has 1 aromatic rings. The molecule has 1 saturated carbocycles. The molecule has 0 saturated heterocycles. The zero-order valence-electron chi connectivity index (χ0n) is 16.4. The Morgan fingerprint density at radius 3 is 2.48 bits per heavy atom. The Balaban J connectivity index is 1.59. The van der Waals surface area contributed by atoms with Gasteiger partial charge in [-0.3, -0.25) is 0 Å². The fourth-order valence-electron chi connectivity index (χ4n) is 4.59. The molecule has 1 aromatic carbocycles. The molecule has 2 aliphatic rings. The quantitative estimate of drug-likeness (QED) is 0.638. The molecule has 0 aliphatic heterocycles. The van der Waals surface area contributed by atoms with Crippen molar-refractivity contribution in [2.75, 3.05) is 13.2 Å². The third-order valence-electron chi connectivity index (χ3n) is 5.93. The summed E-state index contributed by atoms with van der Waals surface area (Å²) in [5.74, 6) is -0.290. The van der Waals surface area contributed by atoms with Crippen molar-refractivity contribution in [1.82, 2.24) is 0 Å². The predicted octanol–water partition coefficient (Wildman–Crippen LogP) is 4.34. The normalized spacial score (nSPS) is 20.1. The van der Waals surface area contributed by atoms with Crippen LogP contribution in [-0.4, -0.2) is 19.2 Å². The molecule has 0 aromatic heterocycles. The molecule has 4 heteroatoms. The van der Waals surface area contributed by atoms with Gasteiger partial charge in [-0.05, 0) is 67.7 Å². The average molecular weight is 371 g/mol. The summed E-state index contributed by atoms with van der Waals surface area (Å²) >= 11 is 0. The zero-order chi connectivity index (χ0) is 19.1. The minimum Gasteiger partial charge on any atom is -0.550 e. The number of carboxylic acid groups (broad SMARTS) is 1. The number of carboxylic acids is 1. The summed E-state index contributed by atoms with van der Waals surface area (Å²) in [6.45, 7) is 2.97. The van der Waals surface area contributed by atoms with Crippen molar-refractivity contribution in [3.05, 3.63) is 41.5 Å². The third-order valence-corrected chi connectivity index (χ3v) is 5.93. The van der Waals surface area contributed by atoms with Crippen LogP contribution in [0.25, 0.3) is 0 Å². The summed E-state index contributed by atoms with van der Waals surface area (Å²) in [5.41, 5.74) is 2.71. The van der Waals surface area contributed by atoms with E-state index in [9.17, 15) is 9.90 Å². The molecule has 148 valence electrons. The molecule has 3 rings (SSSR count). The highest BCUT2D eigenvalue weighted by Crippen LogP contribution is 2.45. The number of carbonyl (C=O) groups excluding carboxylic acids is 1. The smallest absolute Gasteiger partial charge is 0.119 e. The minimum atomic E-state index is -1.10. The van der Waals surface area contributed by atoms with Crippen molar-refractivity contribution in [2.45, 2.75) is 70.8 Å². The van der Waals surface area contributed by atoms with Gasteiger partial charge in [-0.1, -0.05) is 37.5 Å². The molecule has 1 spiro atoms. The van der Waals surface area contributed by atoms with E-state index < -0.39 is 12.1 Å². The van der Waals surface area contributed by atoms with E-state index in [1.54, 1.807) is 0 Å². The molecule has 1 fully saturated rings. The summed E-state index contributed by atoms with van der Waals surface area (Å²) in [7, 11) is 0. The predicted molar refractivity (Wildman–Crippen MR) is 103 cm³/mol. The molecule has 1 unspecified atom stereocenters. The summed E-state index contributed by atoms with van der Waals surface area (Å²) in [6.07, 6.45) is 12.4. The standard InChI is InChI=1S/C23H32O4/c1-2-26-21(15-22(24)25)19-8-10-20(11-9-19)27-17-18-7-6-14-23(16-18)12-4-3-5-13-23/h8-11,16,21H,2-7,12-15,17H2,1H3,(H,24,25)/p-1. The summed E-state index contributed by atoms with van der Waals surface area (Å²) in [4.78, 5) is 10.9. The number of carbonyl (C=O) groups is 1. The zero-order valence-corrected chi connectivity index (χ0v) is 16.4. The minimum absolute atomic E-state index is 0.136. The summed E-state index contributed by atoms with van der Waals surface area (Å²) in [5, 5.41) is 10.9. The van der Waals surface area contributed by atoms with Crippen LogP contribution in [0.1, 0.15) is 76.4 Å². The fraction of sp³-hybridized carbons (Fsp3) is 0.609. The highest BCUT2D eigenvalue weighted by Gasteiger charge is 2.32. The van der Waals surface area contributed by atoms with E-state index in [4.69, 9.17) is 9.47 Å². The van der Waals surface area contributed by atoms with Gasteiger partial charge in [-0.15, -0.1) is 0 Å². The maximum absolute atomic E-state index is 10.9. The van der Waals surface area contributed by atoms with Crippen LogP contribution < -0.4 is 9.84 Å². The lowest BCUT2D eigenvalue weighted by molar-refractivity contribution is -0.307. The molecule has 1 atom stereocenters. The molecule has 0 amide bonds. The Bertz CT molecular complexity index is 641. The average Bonchev–Trinajstić information content (AvgIpc) is 2.67. The van der Waals surface area contributed by atoms with Gasteiger partial charge in [0.05, 0.1) is 6.10 Å². The largest absolute Gasteiger partial charge is 0.550 e. The van der Waals surface area contributed by atoms with Crippen LogP contribution in [0.2, 0.25) is 0 Å². The molecule has 4 nitrogen and oxygen atoms in total. The molecule has 0 radical (unpaired) electrons. The highest BCUT2D eigenvalue weighted by molar-refractivity contribution is 5.65. The Morgan fingerprint density at radius 2 is 1.81 bits per heavy atom. The van der Waals surface area contributed by atoms with Crippen LogP contribution in [0.4, 0.5) is 0 Å². The summed E-state index contributed by atoms with van der Waals surface area (Å²) < 4.78 is 11.5. The van der Waals surface area contributed by atoms with E-state index in [0.29, 0.717) is 18.6 Å². The monoisotopic (exact) mass is 371 g/mol. The van der Waals surface area contributed by atoms with Crippen molar-refractivity contribution < 1.29 is 19.4 Å². The number of aliphatic carboxylic acids is 1. The van der Waals surface area contributed by atoms with Gasteiger partial charge in [0.15, 0.2) is 0 Å². The van der Waals surface area contributed by atoms with Gasteiger partial charge in [0, 0.05) is 19.0 Å². The Hall–Kier alpha value is -1.81. The number of rotatable bonds is 8. The Labute approximate surface area is 162 Å². The number of allylic oxidation sites excluding steroid dienone is 1. The Kier molecular flexibility index (Phi) is 6.95. The van der Waals surface area contributed by atoms with Crippen LogP contribution >= 0.6 is 0 Å². The van der Waals surface area contributed by atoms with Crippen LogP contribution in [0.15, 0.2) is 35.9 Å². The number of hydrogen-bond donors (Lipinski definition) is 0. The molecular weight excluding hydrogens is 340 g/mol. The van der Waals surface area contributed by atoms with E-state index >= 15 is 0 Å². The molecule has 0 heterocycles. The molecule has 2 aliphatic carbocycles. The lowest BCUT2D eigenvalue weighted by Crippen LogP contribution is -2.26. The van der Waals surface area contributed by atoms with Gasteiger partial charge in [-0.25, -0.2) is 0 Å². The van der Waals surface area contributed by atoms with Crippen molar-refractivity contribution in [3.63, 3.8) is 0 Å². The van der Waals surface area contributed by atoms with E-state index in [2.05, 4.69) is 6.08 Å². The van der Waals surface area contributed by atoms with Crippen molar-refractivity contribution >= 4 is 5.97 Å². The number of ether oxygens (including phenoxy) is 2. The van der Waals surface area contributed by atoms with Gasteiger partial charge >= 0.3 is 0 Å². The van der Waals surface area contributed by atoms with Crippen LogP contribution in [0.5, 0.6) is 5.75 Å². The lowest BCUT2D eigenvalue weighted by atomic mass is 9.67. The van der Waals surface area contributed by atoms with Gasteiger partial charge in [-0.2, -0.15) is 0 Å². The Morgan fingerprint density at radius 1 is 1.11 bits per heavy atom. The van der Waals surface area contributed by atoms with Crippen molar-refractivity contribution in [2.24, 2.45) is 5.41 Å². The third kappa shape index (κ3) is 5.58. The van der Waals surface area contributed by atoms with Gasteiger partial charge in [0.2, 0.25) is 0 Å². The van der Waals surface area contributed by atoms with E-state index in [0.717, 1.165) is 17.7 Å². The number of benzene rings is 1. The van der Waals surface area contributed by atoms with E-state index in [1.165, 1.54) is 50.5 Å². The van der Waals surface area contributed by atoms with Crippen LogP contribution in [-0.2, 0) is 9.53 Å². The lowest BCUT2D eigenvalue weighted by Gasteiger charge is -2.38. The van der Waals surface area contributed by atoms with E-state index in [1.807, 2.05) is 31.2 Å². The highest BCUT2D eigenvalue weighted by atomic mass is 16.5. The van der Waals surface area contributed by atoms with Crippen LogP contribution in [0.3, 0.4) is 0 Å². The van der Waals surface area contributed by atoms with Gasteiger partial charge in [0.25, 0.3) is 0 Å². The molecular formula is C23H31O4-. The first-order valence-corrected chi connectivity index (χ1v) is 10.3. The topological polar surface area (TPSA) is 58.6 Å². The van der Waals surface area contributed by atoms with Gasteiger partial charge < -0.3 is 19.4 Å². The first-order chi connectivity index (χ1) is 13.1. The second kappa shape index (κ2) is 9.41. The van der Waals surface area contributed by atoms with Crippen molar-refractivity contribution in [1.29, 1.82) is 0 Å². The maximum Gasteiger partial charge on any atom is 0.119 e. The van der Waals surface area contributed by atoms with Gasteiger partial charge in [0.1, 0.15) is 12.4 Å². The molecule has 27 heavy (non-hydrogen) atoms. The number of hydrogen-bond acceptors (Lipinski definition) is 4.